The summed E-state index contributed by atoms with van der Waals surface area (Å²) in [6, 6.07) is 1.79. The number of sulfonamides is 1. The van der Waals surface area contributed by atoms with Crippen LogP contribution in [0.3, 0.4) is 0 Å². The molecule has 1 aromatic rings. The predicted octanol–water partition coefficient (Wildman–Crippen LogP) is 1.02. The molecule has 2 N–H and O–H groups in total. The number of carbonyl (C=O) groups excluding carboxylic acids is 1. The molecule has 0 aliphatic heterocycles. The van der Waals surface area contributed by atoms with Crippen LogP contribution >= 0.6 is 15.9 Å². The number of benzene rings is 1. The summed E-state index contributed by atoms with van der Waals surface area (Å²) in [7, 11) is -2.96. The third kappa shape index (κ3) is 2.57. The van der Waals surface area contributed by atoms with Crippen molar-refractivity contribution in [3.05, 3.63) is 28.0 Å². The first-order chi connectivity index (χ1) is 7.27. The summed E-state index contributed by atoms with van der Waals surface area (Å²) >= 11 is 2.78. The molecule has 0 aliphatic rings. The summed E-state index contributed by atoms with van der Waals surface area (Å²) in [5.41, 5.74) is -0.499. The molecular weight excluding hydrogens is 305 g/mol. The number of methoxy groups -OCH3 is 1. The fraction of sp³-hybridized carbons (Fsp3) is 0.125. The third-order valence-electron chi connectivity index (χ3n) is 1.74. The monoisotopic (exact) mass is 311 g/mol. The molecule has 0 unspecified atom stereocenters. The highest BCUT2D eigenvalue weighted by Gasteiger charge is 2.20. The van der Waals surface area contributed by atoms with Crippen molar-refractivity contribution >= 4 is 31.9 Å². The molecule has 0 radical (unpaired) electrons. The van der Waals surface area contributed by atoms with E-state index in [1.165, 1.54) is 0 Å². The Morgan fingerprint density at radius 2 is 2.06 bits per heavy atom. The highest BCUT2D eigenvalue weighted by Crippen LogP contribution is 2.24. The standard InChI is InChI=1S/C8H7BrFNO4S/c1-15-8(12)5-2-4(16(11,13)14)3-6(9)7(5)10/h2-3H,1H3,(H2,11,13,14). The van der Waals surface area contributed by atoms with Crippen LogP contribution in [-0.2, 0) is 14.8 Å². The van der Waals surface area contributed by atoms with E-state index < -0.39 is 27.4 Å². The van der Waals surface area contributed by atoms with Crippen LogP contribution in [0.2, 0.25) is 0 Å². The number of carbonyl (C=O) groups is 1. The van der Waals surface area contributed by atoms with Gasteiger partial charge >= 0.3 is 5.97 Å². The van der Waals surface area contributed by atoms with E-state index in [-0.39, 0.29) is 9.37 Å². The average Bonchev–Trinajstić information content (AvgIpc) is 2.19. The zero-order valence-corrected chi connectivity index (χ0v) is 10.4. The Kier molecular flexibility index (Phi) is 3.66. The van der Waals surface area contributed by atoms with E-state index in [9.17, 15) is 17.6 Å². The quantitative estimate of drug-likeness (QED) is 0.826. The Morgan fingerprint density at radius 1 is 1.50 bits per heavy atom. The van der Waals surface area contributed by atoms with Gasteiger partial charge in [0.1, 0.15) is 0 Å². The second-order valence-electron chi connectivity index (χ2n) is 2.80. The molecule has 0 heterocycles. The molecule has 0 spiro atoms. The fourth-order valence-electron chi connectivity index (χ4n) is 0.987. The lowest BCUT2D eigenvalue weighted by Gasteiger charge is -2.05. The Hall–Kier alpha value is -0.990. The van der Waals surface area contributed by atoms with Crippen molar-refractivity contribution in [3.8, 4) is 0 Å². The van der Waals surface area contributed by atoms with E-state index in [4.69, 9.17) is 5.14 Å². The lowest BCUT2D eigenvalue weighted by Crippen LogP contribution is -2.14. The molecule has 0 amide bonds. The fourth-order valence-corrected chi connectivity index (χ4v) is 2.16. The molecule has 88 valence electrons. The van der Waals surface area contributed by atoms with Crippen LogP contribution in [0.5, 0.6) is 0 Å². The molecule has 0 saturated heterocycles. The molecule has 8 heteroatoms. The first-order valence-corrected chi connectivity index (χ1v) is 6.21. The maximum absolute atomic E-state index is 13.4. The number of hydrogen-bond donors (Lipinski definition) is 1. The zero-order chi connectivity index (χ0) is 12.5. The molecule has 0 atom stereocenters. The minimum atomic E-state index is -4.01. The van der Waals surface area contributed by atoms with E-state index in [2.05, 4.69) is 20.7 Å². The molecule has 5 nitrogen and oxygen atoms in total. The molecular formula is C8H7BrFNO4S. The summed E-state index contributed by atoms with van der Waals surface area (Å²) in [5.74, 6) is -1.89. The van der Waals surface area contributed by atoms with E-state index in [0.717, 1.165) is 19.2 Å². The minimum Gasteiger partial charge on any atom is -0.465 e. The molecule has 0 bridgehead atoms. The van der Waals surface area contributed by atoms with Crippen LogP contribution in [0.15, 0.2) is 21.5 Å². The first-order valence-electron chi connectivity index (χ1n) is 3.87. The van der Waals surface area contributed by atoms with Crippen molar-refractivity contribution in [1.29, 1.82) is 0 Å². The van der Waals surface area contributed by atoms with Gasteiger partial charge in [-0.3, -0.25) is 0 Å². The summed E-state index contributed by atoms with van der Waals surface area (Å²) in [5, 5.41) is 4.86. The van der Waals surface area contributed by atoms with E-state index in [1.807, 2.05) is 0 Å². The average molecular weight is 312 g/mol. The summed E-state index contributed by atoms with van der Waals surface area (Å²) in [6.45, 7) is 0. The number of halogens is 2. The predicted molar refractivity (Wildman–Crippen MR) is 56.8 cm³/mol. The molecule has 0 fully saturated rings. The van der Waals surface area contributed by atoms with Gasteiger partial charge in [-0.2, -0.15) is 0 Å². The molecule has 0 aliphatic carbocycles. The van der Waals surface area contributed by atoms with Crippen LogP contribution in [-0.4, -0.2) is 21.5 Å². The normalized spacial score (nSPS) is 11.2. The molecule has 1 rings (SSSR count). The zero-order valence-electron chi connectivity index (χ0n) is 8.03. The van der Waals surface area contributed by atoms with Gasteiger partial charge in [-0.1, -0.05) is 0 Å². The van der Waals surface area contributed by atoms with Gasteiger partial charge in [0.15, 0.2) is 5.82 Å². The van der Waals surface area contributed by atoms with Gasteiger partial charge in [0.25, 0.3) is 0 Å². The van der Waals surface area contributed by atoms with Crippen LogP contribution in [0, 0.1) is 5.82 Å². The van der Waals surface area contributed by atoms with Gasteiger partial charge in [0, 0.05) is 0 Å². The minimum absolute atomic E-state index is 0.181. The Bertz CT molecular complexity index is 543. The van der Waals surface area contributed by atoms with Crippen molar-refractivity contribution in [1.82, 2.24) is 0 Å². The van der Waals surface area contributed by atoms with Crippen LogP contribution in [0.25, 0.3) is 0 Å². The maximum atomic E-state index is 13.4. The first kappa shape index (κ1) is 13.1. The summed E-state index contributed by atoms with van der Waals surface area (Å²) < 4.78 is 39.6. The number of ether oxygens (including phenoxy) is 1. The van der Waals surface area contributed by atoms with Gasteiger partial charge in [-0.05, 0) is 28.1 Å². The SMILES string of the molecule is COC(=O)c1cc(S(N)(=O)=O)cc(Br)c1F. The van der Waals surface area contributed by atoms with Crippen LogP contribution < -0.4 is 5.14 Å². The number of primary sulfonamides is 1. The van der Waals surface area contributed by atoms with Gasteiger partial charge in [0.05, 0.1) is 22.0 Å². The molecule has 0 aromatic heterocycles. The van der Waals surface area contributed by atoms with Crippen LogP contribution in [0.1, 0.15) is 10.4 Å². The highest BCUT2D eigenvalue weighted by atomic mass is 79.9. The lowest BCUT2D eigenvalue weighted by molar-refractivity contribution is 0.0595. The van der Waals surface area contributed by atoms with Crippen molar-refractivity contribution in [3.63, 3.8) is 0 Å². The van der Waals surface area contributed by atoms with E-state index in [0.29, 0.717) is 0 Å². The smallest absolute Gasteiger partial charge is 0.340 e. The van der Waals surface area contributed by atoms with Gasteiger partial charge in [-0.15, -0.1) is 0 Å². The van der Waals surface area contributed by atoms with Gasteiger partial charge < -0.3 is 4.74 Å². The highest BCUT2D eigenvalue weighted by molar-refractivity contribution is 9.10. The lowest BCUT2D eigenvalue weighted by atomic mass is 10.2. The van der Waals surface area contributed by atoms with Crippen LogP contribution in [0.4, 0.5) is 4.39 Å². The molecule has 16 heavy (non-hydrogen) atoms. The number of rotatable bonds is 2. The Labute approximate surface area is 99.6 Å². The number of esters is 1. The summed E-state index contributed by atoms with van der Waals surface area (Å²) in [6.07, 6.45) is 0. The van der Waals surface area contributed by atoms with Gasteiger partial charge in [-0.25, -0.2) is 22.7 Å². The second kappa shape index (κ2) is 4.48. The number of hydrogen-bond acceptors (Lipinski definition) is 4. The largest absolute Gasteiger partial charge is 0.465 e. The number of nitrogens with two attached hydrogens (primary N) is 1. The van der Waals surface area contributed by atoms with Crippen molar-refractivity contribution < 1.29 is 22.3 Å². The van der Waals surface area contributed by atoms with Gasteiger partial charge in [0.2, 0.25) is 10.0 Å². The second-order valence-corrected chi connectivity index (χ2v) is 5.22. The van der Waals surface area contributed by atoms with E-state index in [1.54, 1.807) is 0 Å². The third-order valence-corrected chi connectivity index (χ3v) is 3.21. The van der Waals surface area contributed by atoms with Crippen molar-refractivity contribution in [2.75, 3.05) is 7.11 Å². The van der Waals surface area contributed by atoms with E-state index >= 15 is 0 Å². The Balaban J connectivity index is 3.51. The van der Waals surface area contributed by atoms with Crippen molar-refractivity contribution in [2.24, 2.45) is 5.14 Å². The molecule has 1 aromatic carbocycles. The Morgan fingerprint density at radius 3 is 2.50 bits per heavy atom. The topological polar surface area (TPSA) is 86.5 Å². The van der Waals surface area contributed by atoms with Crippen molar-refractivity contribution in [2.45, 2.75) is 4.90 Å². The maximum Gasteiger partial charge on any atom is 0.340 e. The molecule has 0 saturated carbocycles. The summed E-state index contributed by atoms with van der Waals surface area (Å²) in [4.78, 5) is 10.8.